The minimum absolute atomic E-state index is 0.0649. The smallest absolute Gasteiger partial charge is 0.196 e. The summed E-state index contributed by atoms with van der Waals surface area (Å²) in [7, 11) is 3.01. The molecule has 1 heterocycles. The number of hydrogen-bond acceptors (Lipinski definition) is 5. The van der Waals surface area contributed by atoms with Crippen LogP contribution >= 0.6 is 0 Å². The third kappa shape index (κ3) is 1.96. The molecule has 1 atom stereocenters. The van der Waals surface area contributed by atoms with Crippen molar-refractivity contribution in [1.82, 2.24) is 0 Å². The number of carbonyl (C=O) groups excluding carboxylic acids is 2. The van der Waals surface area contributed by atoms with Crippen LogP contribution in [0.15, 0.2) is 17.2 Å². The first-order chi connectivity index (χ1) is 10.5. The summed E-state index contributed by atoms with van der Waals surface area (Å²) >= 11 is 0. The summed E-state index contributed by atoms with van der Waals surface area (Å²) in [6.07, 6.45) is 0.392. The van der Waals surface area contributed by atoms with Crippen LogP contribution < -0.4 is 9.47 Å². The molecule has 1 aliphatic carbocycles. The summed E-state index contributed by atoms with van der Waals surface area (Å²) in [5, 5.41) is 0. The average Bonchev–Trinajstić information content (AvgIpc) is 2.52. The molecule has 2 aliphatic rings. The molecule has 0 fully saturated rings. The van der Waals surface area contributed by atoms with Crippen LogP contribution in [-0.4, -0.2) is 38.5 Å². The van der Waals surface area contributed by atoms with E-state index in [1.54, 1.807) is 13.0 Å². The molecule has 0 bridgehead atoms. The van der Waals surface area contributed by atoms with E-state index in [2.05, 4.69) is 0 Å². The monoisotopic (exact) mass is 302 g/mol. The molecule has 0 N–H and O–H groups in total. The minimum atomic E-state index is -0.181. The number of carbonyl (C=O) groups is 2. The fourth-order valence-electron chi connectivity index (χ4n) is 3.13. The molecule has 0 spiro atoms. The van der Waals surface area contributed by atoms with Crippen molar-refractivity contribution in [2.45, 2.75) is 26.4 Å². The lowest BCUT2D eigenvalue weighted by Gasteiger charge is -2.30. The van der Waals surface area contributed by atoms with E-state index < -0.39 is 0 Å². The van der Waals surface area contributed by atoms with Gasteiger partial charge in [0.2, 0.25) is 0 Å². The number of Topliss-reactive ketones (excluding diaryl/α,β-unsaturated/α-hetero) is 2. The highest BCUT2D eigenvalue weighted by Crippen LogP contribution is 2.41. The second-order valence-electron chi connectivity index (χ2n) is 5.60. The number of hydrogen-bond donors (Lipinski definition) is 0. The Morgan fingerprint density at radius 3 is 2.32 bits per heavy atom. The molecule has 5 nitrogen and oxygen atoms in total. The molecule has 0 radical (unpaired) electrons. The molecule has 1 aromatic carbocycles. The number of ether oxygens (including phenoxy) is 3. The van der Waals surface area contributed by atoms with Crippen molar-refractivity contribution in [3.05, 3.63) is 33.9 Å². The van der Waals surface area contributed by atoms with Crippen molar-refractivity contribution in [2.24, 2.45) is 0 Å². The Balaban J connectivity index is 2.28. The van der Waals surface area contributed by atoms with E-state index in [0.29, 0.717) is 45.8 Å². The molecule has 22 heavy (non-hydrogen) atoms. The molecule has 1 aliphatic heterocycles. The van der Waals surface area contributed by atoms with Gasteiger partial charge < -0.3 is 14.2 Å². The average molecular weight is 302 g/mol. The van der Waals surface area contributed by atoms with Gasteiger partial charge in [0.25, 0.3) is 0 Å². The van der Waals surface area contributed by atoms with E-state index in [1.165, 1.54) is 14.2 Å². The third-order valence-electron chi connectivity index (χ3n) is 4.31. The Bertz CT molecular complexity index is 714. The first-order valence-corrected chi connectivity index (χ1v) is 7.18. The van der Waals surface area contributed by atoms with Gasteiger partial charge in [0.15, 0.2) is 11.6 Å². The fraction of sp³-hybridized carbons (Fsp3) is 0.412. The summed E-state index contributed by atoms with van der Waals surface area (Å²) in [5.74, 6) is 0.607. The van der Waals surface area contributed by atoms with Gasteiger partial charge in [0.05, 0.1) is 32.5 Å². The normalized spacial score (nSPS) is 20.6. The molecule has 0 amide bonds. The summed E-state index contributed by atoms with van der Waals surface area (Å²) in [6, 6.07) is 1.65. The number of benzene rings is 1. The van der Waals surface area contributed by atoms with E-state index in [9.17, 15) is 9.59 Å². The summed E-state index contributed by atoms with van der Waals surface area (Å²) in [4.78, 5) is 25.7. The van der Waals surface area contributed by atoms with Crippen LogP contribution in [0.5, 0.6) is 11.5 Å². The molecule has 5 heteroatoms. The second kappa shape index (κ2) is 5.25. The molecule has 0 saturated carbocycles. The third-order valence-corrected chi connectivity index (χ3v) is 4.31. The topological polar surface area (TPSA) is 61.8 Å². The van der Waals surface area contributed by atoms with Crippen LogP contribution in [0.1, 0.15) is 39.6 Å². The van der Waals surface area contributed by atoms with Gasteiger partial charge >= 0.3 is 0 Å². The van der Waals surface area contributed by atoms with Crippen LogP contribution in [0, 0.1) is 6.92 Å². The molecule has 1 aromatic rings. The van der Waals surface area contributed by atoms with Gasteiger partial charge in [0.1, 0.15) is 11.5 Å². The van der Waals surface area contributed by atoms with Gasteiger partial charge in [-0.25, -0.2) is 0 Å². The number of fused-ring (bicyclic) bond motifs is 1. The first-order valence-electron chi connectivity index (χ1n) is 7.18. The molecule has 3 rings (SSSR count). The number of methoxy groups -OCH3 is 2. The molecule has 116 valence electrons. The Hall–Kier alpha value is -2.14. The van der Waals surface area contributed by atoms with Crippen LogP contribution in [-0.2, 0) is 4.74 Å². The standard InChI is InChI=1S/C17H18O5/c1-8-5-10-11(7-22-8)17(19)15-13(21-4)6-12(20-3)9(2)14(15)16(10)18/h6,8H,5,7H2,1-4H3/t8-/m0/s1. The van der Waals surface area contributed by atoms with Crippen LogP contribution in [0.25, 0.3) is 0 Å². The van der Waals surface area contributed by atoms with Crippen LogP contribution in [0.2, 0.25) is 0 Å². The fourth-order valence-corrected chi connectivity index (χ4v) is 3.13. The number of ketones is 2. The highest BCUT2D eigenvalue weighted by atomic mass is 16.5. The lowest BCUT2D eigenvalue weighted by molar-refractivity contribution is 0.0615. The Morgan fingerprint density at radius 2 is 1.68 bits per heavy atom. The van der Waals surface area contributed by atoms with Crippen molar-refractivity contribution < 1.29 is 23.8 Å². The van der Waals surface area contributed by atoms with E-state index in [4.69, 9.17) is 14.2 Å². The maximum absolute atomic E-state index is 12.9. The lowest BCUT2D eigenvalue weighted by atomic mass is 9.79. The second-order valence-corrected chi connectivity index (χ2v) is 5.60. The van der Waals surface area contributed by atoms with Gasteiger partial charge in [-0.05, 0) is 13.8 Å². The number of rotatable bonds is 2. The van der Waals surface area contributed by atoms with Gasteiger partial charge in [-0.2, -0.15) is 0 Å². The van der Waals surface area contributed by atoms with Crippen molar-refractivity contribution in [2.75, 3.05) is 20.8 Å². The molecular weight excluding hydrogens is 284 g/mol. The summed E-state index contributed by atoms with van der Waals surface area (Å²) in [5.41, 5.74) is 2.41. The predicted octanol–water partition coefficient (Wildman–Crippen LogP) is 2.50. The zero-order valence-corrected chi connectivity index (χ0v) is 13.1. The van der Waals surface area contributed by atoms with E-state index in [0.717, 1.165) is 0 Å². The van der Waals surface area contributed by atoms with Crippen molar-refractivity contribution >= 4 is 11.6 Å². The Labute approximate surface area is 128 Å². The minimum Gasteiger partial charge on any atom is -0.496 e. The van der Waals surface area contributed by atoms with Crippen LogP contribution in [0.4, 0.5) is 0 Å². The molecular formula is C17H18O5. The zero-order valence-electron chi connectivity index (χ0n) is 13.1. The van der Waals surface area contributed by atoms with E-state index in [-0.39, 0.29) is 24.3 Å². The van der Waals surface area contributed by atoms with Crippen molar-refractivity contribution in [1.29, 1.82) is 0 Å². The summed E-state index contributed by atoms with van der Waals surface area (Å²) < 4.78 is 16.2. The quantitative estimate of drug-likeness (QED) is 0.840. The summed E-state index contributed by atoms with van der Waals surface area (Å²) in [6.45, 7) is 3.86. The largest absolute Gasteiger partial charge is 0.496 e. The predicted molar refractivity (Wildman–Crippen MR) is 80.0 cm³/mol. The van der Waals surface area contributed by atoms with E-state index in [1.807, 2.05) is 6.92 Å². The van der Waals surface area contributed by atoms with Gasteiger partial charge in [-0.1, -0.05) is 0 Å². The van der Waals surface area contributed by atoms with Gasteiger partial charge in [0, 0.05) is 34.8 Å². The van der Waals surface area contributed by atoms with Crippen LogP contribution in [0.3, 0.4) is 0 Å². The molecule has 0 unspecified atom stereocenters. The Kier molecular flexibility index (Phi) is 3.53. The lowest BCUT2D eigenvalue weighted by Crippen LogP contribution is -2.32. The highest BCUT2D eigenvalue weighted by Gasteiger charge is 2.39. The van der Waals surface area contributed by atoms with Crippen molar-refractivity contribution in [3.63, 3.8) is 0 Å². The van der Waals surface area contributed by atoms with Crippen molar-refractivity contribution in [3.8, 4) is 11.5 Å². The SMILES string of the molecule is COc1cc(OC)c2c(c1C)C(=O)C1=C(CO[C@@H](C)C1)C2=O. The first kappa shape index (κ1) is 14.8. The molecule has 0 saturated heterocycles. The zero-order chi connectivity index (χ0) is 16.0. The van der Waals surface area contributed by atoms with Gasteiger partial charge in [-0.15, -0.1) is 0 Å². The molecule has 0 aromatic heterocycles. The van der Waals surface area contributed by atoms with E-state index >= 15 is 0 Å². The highest BCUT2D eigenvalue weighted by molar-refractivity contribution is 6.28. The maximum atomic E-state index is 12.9. The van der Waals surface area contributed by atoms with Gasteiger partial charge in [-0.3, -0.25) is 9.59 Å². The maximum Gasteiger partial charge on any atom is 0.196 e. The Morgan fingerprint density at radius 1 is 1.05 bits per heavy atom.